The Morgan fingerprint density at radius 2 is 1.92 bits per heavy atom. The van der Waals surface area contributed by atoms with Gasteiger partial charge in [0.05, 0.1) is 13.0 Å². The van der Waals surface area contributed by atoms with Crippen LogP contribution in [0.3, 0.4) is 0 Å². The van der Waals surface area contributed by atoms with Gasteiger partial charge in [0.1, 0.15) is 0 Å². The standard InChI is InChI=1S/C21H30O3/c1-12-13-6-7-14(18(23)24-5)21(13)11-20(4)9-8-19(2,3)17(20)15(21)10-16(12)22/h14-15,17H,6-11H2,1-5H3/t14-,15+,17-,20-,21+/m1/s1. The summed E-state index contributed by atoms with van der Waals surface area (Å²) in [5.74, 6) is 1.06. The third kappa shape index (κ3) is 1.74. The van der Waals surface area contributed by atoms with Crippen molar-refractivity contribution in [3.8, 4) is 0 Å². The third-order valence-corrected chi connectivity index (χ3v) is 8.32. The number of hydrogen-bond acceptors (Lipinski definition) is 3. The summed E-state index contributed by atoms with van der Waals surface area (Å²) in [5, 5.41) is 0. The first-order chi connectivity index (χ1) is 11.2. The van der Waals surface area contributed by atoms with Gasteiger partial charge in [0.2, 0.25) is 0 Å². The van der Waals surface area contributed by atoms with Crippen LogP contribution < -0.4 is 0 Å². The van der Waals surface area contributed by atoms with Gasteiger partial charge in [-0.15, -0.1) is 0 Å². The molecule has 0 aliphatic heterocycles. The van der Waals surface area contributed by atoms with Crippen molar-refractivity contribution in [1.82, 2.24) is 0 Å². The van der Waals surface area contributed by atoms with Gasteiger partial charge in [-0.1, -0.05) is 26.3 Å². The second kappa shape index (κ2) is 4.74. The molecule has 0 saturated heterocycles. The minimum atomic E-state index is -0.109. The molecular weight excluding hydrogens is 300 g/mol. The number of carbonyl (C=O) groups is 2. The highest BCUT2D eigenvalue weighted by molar-refractivity contribution is 5.98. The molecule has 0 unspecified atom stereocenters. The van der Waals surface area contributed by atoms with Gasteiger partial charge in [0, 0.05) is 11.8 Å². The van der Waals surface area contributed by atoms with Gasteiger partial charge in [0.25, 0.3) is 0 Å². The molecule has 0 heterocycles. The molecule has 3 fully saturated rings. The summed E-state index contributed by atoms with van der Waals surface area (Å²) in [7, 11) is 1.51. The summed E-state index contributed by atoms with van der Waals surface area (Å²) in [6.45, 7) is 9.17. The Labute approximate surface area is 145 Å². The third-order valence-electron chi connectivity index (χ3n) is 8.32. The number of rotatable bonds is 1. The van der Waals surface area contributed by atoms with Crippen LogP contribution in [-0.4, -0.2) is 18.9 Å². The summed E-state index contributed by atoms with van der Waals surface area (Å²) in [6.07, 6.45) is 5.90. The predicted molar refractivity (Wildman–Crippen MR) is 92.2 cm³/mol. The number of Topliss-reactive ketones (excluding diaryl/α,β-unsaturated/α-hetero) is 1. The van der Waals surface area contributed by atoms with Gasteiger partial charge in [-0.05, 0) is 67.3 Å². The molecule has 4 rings (SSSR count). The van der Waals surface area contributed by atoms with Crippen molar-refractivity contribution in [2.45, 2.75) is 66.2 Å². The van der Waals surface area contributed by atoms with E-state index in [1.165, 1.54) is 25.5 Å². The summed E-state index contributed by atoms with van der Waals surface area (Å²) in [4.78, 5) is 25.4. The Hall–Kier alpha value is -1.12. The van der Waals surface area contributed by atoms with Gasteiger partial charge in [-0.3, -0.25) is 9.59 Å². The highest BCUT2D eigenvalue weighted by atomic mass is 16.5. The van der Waals surface area contributed by atoms with E-state index in [4.69, 9.17) is 4.74 Å². The normalized spacial score (nSPS) is 45.9. The molecule has 24 heavy (non-hydrogen) atoms. The van der Waals surface area contributed by atoms with Crippen molar-refractivity contribution in [2.75, 3.05) is 7.11 Å². The Balaban J connectivity index is 1.92. The lowest BCUT2D eigenvalue weighted by atomic mass is 9.58. The van der Waals surface area contributed by atoms with E-state index >= 15 is 0 Å². The molecule has 3 heteroatoms. The average molecular weight is 330 g/mol. The summed E-state index contributed by atoms with van der Waals surface area (Å²) >= 11 is 0. The van der Waals surface area contributed by atoms with E-state index in [0.717, 1.165) is 24.8 Å². The quantitative estimate of drug-likeness (QED) is 0.673. The molecule has 5 atom stereocenters. The lowest BCUT2D eigenvalue weighted by Crippen LogP contribution is -2.44. The van der Waals surface area contributed by atoms with Gasteiger partial charge in [-0.2, -0.15) is 0 Å². The number of esters is 1. The summed E-state index contributed by atoms with van der Waals surface area (Å²) in [6, 6.07) is 0. The maximum atomic E-state index is 12.8. The highest BCUT2D eigenvalue weighted by Gasteiger charge is 2.71. The first kappa shape index (κ1) is 16.4. The first-order valence-corrected chi connectivity index (χ1v) is 9.49. The molecule has 4 aliphatic carbocycles. The molecule has 3 saturated carbocycles. The summed E-state index contributed by atoms with van der Waals surface area (Å²) < 4.78 is 5.21. The minimum absolute atomic E-state index is 0.0521. The van der Waals surface area contributed by atoms with E-state index in [9.17, 15) is 9.59 Å². The fraction of sp³-hybridized carbons (Fsp3) is 0.810. The molecule has 0 N–H and O–H groups in total. The molecule has 1 spiro atoms. The first-order valence-electron chi connectivity index (χ1n) is 9.49. The van der Waals surface area contributed by atoms with Crippen LogP contribution >= 0.6 is 0 Å². The zero-order valence-corrected chi connectivity index (χ0v) is 15.7. The highest BCUT2D eigenvalue weighted by Crippen LogP contribution is 2.76. The molecule has 0 amide bonds. The monoisotopic (exact) mass is 330 g/mol. The van der Waals surface area contributed by atoms with Crippen LogP contribution in [0.1, 0.15) is 66.2 Å². The van der Waals surface area contributed by atoms with E-state index in [0.29, 0.717) is 24.0 Å². The molecule has 0 aromatic carbocycles. The van der Waals surface area contributed by atoms with Gasteiger partial charge >= 0.3 is 5.97 Å². The largest absolute Gasteiger partial charge is 0.469 e. The Kier molecular flexibility index (Phi) is 3.23. The van der Waals surface area contributed by atoms with Gasteiger partial charge in [0.15, 0.2) is 5.78 Å². The van der Waals surface area contributed by atoms with Crippen LogP contribution in [0, 0.1) is 34.0 Å². The summed E-state index contributed by atoms with van der Waals surface area (Å²) in [5.41, 5.74) is 2.66. The van der Waals surface area contributed by atoms with Crippen LogP contribution in [0.2, 0.25) is 0 Å². The maximum absolute atomic E-state index is 12.8. The molecule has 132 valence electrons. The number of hydrogen-bond donors (Lipinski definition) is 0. The van der Waals surface area contributed by atoms with E-state index < -0.39 is 0 Å². The van der Waals surface area contributed by atoms with Crippen LogP contribution in [-0.2, 0) is 14.3 Å². The van der Waals surface area contributed by atoms with Gasteiger partial charge < -0.3 is 4.74 Å². The Bertz CT molecular complexity index is 658. The van der Waals surface area contributed by atoms with Crippen LogP contribution in [0.4, 0.5) is 0 Å². The van der Waals surface area contributed by atoms with E-state index in [2.05, 4.69) is 20.8 Å². The molecule has 0 aromatic rings. The van der Waals surface area contributed by atoms with E-state index in [1.54, 1.807) is 0 Å². The SMILES string of the molecule is COC(=O)[C@H]1CCC2=C(C)C(=O)C[C@H]3[C@@H]4C(C)(C)CC[C@]4(C)C[C@]213. The Morgan fingerprint density at radius 3 is 2.58 bits per heavy atom. The Morgan fingerprint density at radius 1 is 1.21 bits per heavy atom. The average Bonchev–Trinajstić information content (AvgIpc) is 3.09. The van der Waals surface area contributed by atoms with Crippen LogP contribution in [0.25, 0.3) is 0 Å². The lowest BCUT2D eigenvalue weighted by Gasteiger charge is -2.45. The molecular formula is C21H30O3. The fourth-order valence-electron chi connectivity index (χ4n) is 7.72. The molecule has 4 aliphatic rings. The predicted octanol–water partition coefficient (Wildman–Crippen LogP) is 4.31. The number of allylic oxidation sites excluding steroid dienone is 2. The van der Waals surface area contributed by atoms with Crippen molar-refractivity contribution < 1.29 is 14.3 Å². The number of methoxy groups -OCH3 is 1. The van der Waals surface area contributed by atoms with Crippen LogP contribution in [0.15, 0.2) is 11.1 Å². The van der Waals surface area contributed by atoms with Crippen molar-refractivity contribution in [1.29, 1.82) is 0 Å². The second-order valence-corrected chi connectivity index (χ2v) is 9.79. The zero-order valence-electron chi connectivity index (χ0n) is 15.7. The topological polar surface area (TPSA) is 43.4 Å². The van der Waals surface area contributed by atoms with E-state index in [1.807, 2.05) is 6.92 Å². The van der Waals surface area contributed by atoms with Crippen molar-refractivity contribution in [2.24, 2.45) is 34.0 Å². The lowest BCUT2D eigenvalue weighted by molar-refractivity contribution is -0.150. The van der Waals surface area contributed by atoms with Crippen molar-refractivity contribution in [3.63, 3.8) is 0 Å². The zero-order chi connectivity index (χ0) is 17.5. The maximum Gasteiger partial charge on any atom is 0.309 e. The number of carbonyl (C=O) groups excluding carboxylic acids is 2. The van der Waals surface area contributed by atoms with Gasteiger partial charge in [-0.25, -0.2) is 0 Å². The fourth-order valence-corrected chi connectivity index (χ4v) is 7.72. The van der Waals surface area contributed by atoms with Crippen molar-refractivity contribution in [3.05, 3.63) is 11.1 Å². The smallest absolute Gasteiger partial charge is 0.309 e. The second-order valence-electron chi connectivity index (χ2n) is 9.79. The number of ether oxygens (including phenoxy) is 1. The molecule has 0 bridgehead atoms. The molecule has 3 nitrogen and oxygen atoms in total. The molecule has 0 radical (unpaired) electrons. The number of ketones is 1. The van der Waals surface area contributed by atoms with Crippen LogP contribution in [0.5, 0.6) is 0 Å². The van der Waals surface area contributed by atoms with Crippen molar-refractivity contribution >= 4 is 11.8 Å². The number of fused-ring (bicyclic) bond motifs is 2. The van der Waals surface area contributed by atoms with E-state index in [-0.39, 0.29) is 28.1 Å². The molecule has 0 aromatic heterocycles. The minimum Gasteiger partial charge on any atom is -0.469 e.